The molecule has 1 aliphatic rings. The lowest BCUT2D eigenvalue weighted by Crippen LogP contribution is -2.29. The minimum absolute atomic E-state index is 0.299. The lowest BCUT2D eigenvalue weighted by atomic mass is 9.98. The van der Waals surface area contributed by atoms with E-state index < -0.39 is 0 Å². The Labute approximate surface area is 142 Å². The van der Waals surface area contributed by atoms with Crippen molar-refractivity contribution in [3.8, 4) is 5.75 Å². The predicted molar refractivity (Wildman–Crippen MR) is 92.7 cm³/mol. The fourth-order valence-electron chi connectivity index (χ4n) is 2.69. The molecule has 4 heteroatoms. The van der Waals surface area contributed by atoms with E-state index in [1.807, 2.05) is 12.1 Å². The molecule has 0 amide bonds. The maximum atomic E-state index is 5.74. The molecule has 0 saturated heterocycles. The summed E-state index contributed by atoms with van der Waals surface area (Å²) < 4.78 is 7.95. The average Bonchev–Trinajstić information content (AvgIpc) is 2.48. The lowest BCUT2D eigenvalue weighted by Gasteiger charge is -2.29. The van der Waals surface area contributed by atoms with Crippen molar-refractivity contribution in [1.29, 1.82) is 0 Å². The molecule has 110 valence electrons. The smallest absolute Gasteiger partial charge is 0.124 e. The number of hydrogen-bond donors (Lipinski definition) is 1. The molecular weight excluding hydrogens is 394 g/mol. The minimum atomic E-state index is 0.299. The van der Waals surface area contributed by atoms with Crippen LogP contribution in [0, 0.1) is 0 Å². The largest absolute Gasteiger partial charge is 0.493 e. The number of rotatable bonds is 3. The maximum absolute atomic E-state index is 5.74. The van der Waals surface area contributed by atoms with Gasteiger partial charge in [0.2, 0.25) is 0 Å². The molecule has 1 heterocycles. The van der Waals surface area contributed by atoms with Gasteiger partial charge in [0.05, 0.1) is 6.61 Å². The van der Waals surface area contributed by atoms with Gasteiger partial charge in [-0.05, 0) is 42.8 Å². The van der Waals surface area contributed by atoms with Crippen LogP contribution in [0.5, 0.6) is 5.75 Å². The zero-order valence-corrected chi connectivity index (χ0v) is 14.9. The first-order valence-corrected chi connectivity index (χ1v) is 8.66. The summed E-state index contributed by atoms with van der Waals surface area (Å²) in [5.74, 6) is 0.991. The predicted octanol–water partition coefficient (Wildman–Crippen LogP) is 5.39. The third-order valence-electron chi connectivity index (χ3n) is 3.83. The summed E-state index contributed by atoms with van der Waals surface area (Å²) in [6, 6.07) is 15.3. The highest BCUT2D eigenvalue weighted by Gasteiger charge is 2.23. The minimum Gasteiger partial charge on any atom is -0.493 e. The van der Waals surface area contributed by atoms with Crippen LogP contribution in [0.2, 0.25) is 0 Å². The molecule has 3 rings (SSSR count). The van der Waals surface area contributed by atoms with Crippen LogP contribution in [-0.4, -0.2) is 6.61 Å². The first-order valence-electron chi connectivity index (χ1n) is 7.07. The van der Waals surface area contributed by atoms with Crippen LogP contribution in [0.15, 0.2) is 51.4 Å². The van der Waals surface area contributed by atoms with E-state index in [4.69, 9.17) is 4.74 Å². The van der Waals surface area contributed by atoms with Gasteiger partial charge in [0.15, 0.2) is 0 Å². The molecule has 1 N–H and O–H groups in total. The number of halogens is 2. The number of hydrogen-bond acceptors (Lipinski definition) is 2. The van der Waals surface area contributed by atoms with E-state index >= 15 is 0 Å². The van der Waals surface area contributed by atoms with E-state index in [-0.39, 0.29) is 0 Å². The van der Waals surface area contributed by atoms with Crippen LogP contribution in [0.25, 0.3) is 0 Å². The van der Waals surface area contributed by atoms with Gasteiger partial charge in [0.1, 0.15) is 5.75 Å². The summed E-state index contributed by atoms with van der Waals surface area (Å²) in [5, 5.41) is 3.72. The number of benzene rings is 2. The van der Waals surface area contributed by atoms with Gasteiger partial charge in [-0.1, -0.05) is 44.0 Å². The van der Waals surface area contributed by atoms with Gasteiger partial charge in [0, 0.05) is 33.0 Å². The molecule has 0 bridgehead atoms. The normalized spacial score (nSPS) is 18.7. The van der Waals surface area contributed by atoms with Crippen molar-refractivity contribution in [2.45, 2.75) is 25.4 Å². The highest BCUT2D eigenvalue weighted by molar-refractivity contribution is 9.10. The van der Waals surface area contributed by atoms with E-state index in [0.29, 0.717) is 12.1 Å². The molecule has 0 fully saturated rings. The average molecular weight is 411 g/mol. The third kappa shape index (κ3) is 3.50. The van der Waals surface area contributed by atoms with Crippen molar-refractivity contribution in [2.75, 3.05) is 6.61 Å². The van der Waals surface area contributed by atoms with Gasteiger partial charge in [0.25, 0.3) is 0 Å². The molecule has 21 heavy (non-hydrogen) atoms. The second-order valence-corrected chi connectivity index (χ2v) is 7.14. The first-order chi connectivity index (χ1) is 10.1. The zero-order valence-electron chi connectivity index (χ0n) is 11.8. The molecule has 1 unspecified atom stereocenters. The molecular formula is C17H17Br2NO. The quantitative estimate of drug-likeness (QED) is 0.732. The molecule has 0 spiro atoms. The van der Waals surface area contributed by atoms with E-state index in [1.165, 1.54) is 11.1 Å². The summed E-state index contributed by atoms with van der Waals surface area (Å²) in [6.07, 6.45) is 0.990. The monoisotopic (exact) mass is 409 g/mol. The summed E-state index contributed by atoms with van der Waals surface area (Å²) >= 11 is 7.03. The summed E-state index contributed by atoms with van der Waals surface area (Å²) in [6.45, 7) is 2.97. The molecule has 0 aliphatic carbocycles. The highest BCUT2D eigenvalue weighted by atomic mass is 79.9. The topological polar surface area (TPSA) is 21.3 Å². The number of ether oxygens (including phenoxy) is 1. The van der Waals surface area contributed by atoms with Crippen LogP contribution in [-0.2, 0) is 0 Å². The van der Waals surface area contributed by atoms with Crippen LogP contribution in [0.3, 0.4) is 0 Å². The lowest BCUT2D eigenvalue weighted by molar-refractivity contribution is 0.246. The van der Waals surface area contributed by atoms with Gasteiger partial charge < -0.3 is 10.1 Å². The van der Waals surface area contributed by atoms with Crippen molar-refractivity contribution in [2.24, 2.45) is 0 Å². The highest BCUT2D eigenvalue weighted by Crippen LogP contribution is 2.35. The van der Waals surface area contributed by atoms with E-state index in [0.717, 1.165) is 27.7 Å². The Bertz CT molecular complexity index is 627. The van der Waals surface area contributed by atoms with E-state index in [2.05, 4.69) is 74.4 Å². The molecule has 0 saturated carbocycles. The Kier molecular flexibility index (Phi) is 4.67. The van der Waals surface area contributed by atoms with Crippen molar-refractivity contribution < 1.29 is 4.74 Å². The maximum Gasteiger partial charge on any atom is 0.124 e. The van der Waals surface area contributed by atoms with E-state index in [1.54, 1.807) is 0 Å². The second kappa shape index (κ2) is 6.51. The van der Waals surface area contributed by atoms with Crippen LogP contribution < -0.4 is 10.1 Å². The van der Waals surface area contributed by atoms with Crippen molar-refractivity contribution in [3.05, 3.63) is 62.5 Å². The van der Waals surface area contributed by atoms with Crippen LogP contribution in [0.1, 0.15) is 36.6 Å². The fourth-order valence-corrected chi connectivity index (χ4v) is 3.33. The van der Waals surface area contributed by atoms with Gasteiger partial charge in [-0.3, -0.25) is 0 Å². The van der Waals surface area contributed by atoms with Gasteiger partial charge in [-0.15, -0.1) is 0 Å². The Balaban J connectivity index is 1.80. The van der Waals surface area contributed by atoms with Crippen molar-refractivity contribution >= 4 is 31.9 Å². The molecule has 2 aromatic carbocycles. The van der Waals surface area contributed by atoms with Gasteiger partial charge >= 0.3 is 0 Å². The Morgan fingerprint density at radius 1 is 1.10 bits per heavy atom. The molecule has 2 atom stereocenters. The SMILES string of the molecule is C[C@H](NC1CCOc2ccc(Br)cc21)c1ccc(Br)cc1. The molecule has 1 aliphatic heterocycles. The Morgan fingerprint density at radius 2 is 1.81 bits per heavy atom. The second-order valence-electron chi connectivity index (χ2n) is 5.31. The molecule has 0 radical (unpaired) electrons. The number of fused-ring (bicyclic) bond motifs is 1. The van der Waals surface area contributed by atoms with Crippen LogP contribution >= 0.6 is 31.9 Å². The molecule has 0 aromatic heterocycles. The molecule has 2 nitrogen and oxygen atoms in total. The standard InChI is InChI=1S/C17H17Br2NO/c1-11(12-2-4-13(18)5-3-12)20-16-8-9-21-17-7-6-14(19)10-15(16)17/h2-7,10-11,16,20H,8-9H2,1H3/t11-,16?/m0/s1. The number of nitrogens with one attached hydrogen (secondary N) is 1. The zero-order chi connectivity index (χ0) is 14.8. The van der Waals surface area contributed by atoms with E-state index in [9.17, 15) is 0 Å². The van der Waals surface area contributed by atoms with Gasteiger partial charge in [-0.2, -0.15) is 0 Å². The van der Waals surface area contributed by atoms with Crippen molar-refractivity contribution in [1.82, 2.24) is 5.32 Å². The Morgan fingerprint density at radius 3 is 2.57 bits per heavy atom. The van der Waals surface area contributed by atoms with Crippen molar-refractivity contribution in [3.63, 3.8) is 0 Å². The van der Waals surface area contributed by atoms with Gasteiger partial charge in [-0.25, -0.2) is 0 Å². The fraction of sp³-hybridized carbons (Fsp3) is 0.294. The molecule has 2 aromatic rings. The van der Waals surface area contributed by atoms with Crippen LogP contribution in [0.4, 0.5) is 0 Å². The summed E-state index contributed by atoms with van der Waals surface area (Å²) in [4.78, 5) is 0. The Hall–Kier alpha value is -0.840. The summed E-state index contributed by atoms with van der Waals surface area (Å²) in [5.41, 5.74) is 2.53. The summed E-state index contributed by atoms with van der Waals surface area (Å²) in [7, 11) is 0. The third-order valence-corrected chi connectivity index (χ3v) is 4.85. The first kappa shape index (κ1) is 15.1.